The second kappa shape index (κ2) is 8.84. The van der Waals surface area contributed by atoms with Crippen molar-refractivity contribution < 1.29 is 9.53 Å². The molecule has 5 nitrogen and oxygen atoms in total. The van der Waals surface area contributed by atoms with E-state index in [-0.39, 0.29) is 5.78 Å². The fourth-order valence-corrected chi connectivity index (χ4v) is 2.67. The Kier molecular flexibility index (Phi) is 6.53. The van der Waals surface area contributed by atoms with Crippen molar-refractivity contribution in [3.05, 3.63) is 52.9 Å². The molecule has 0 spiro atoms. The van der Waals surface area contributed by atoms with E-state index in [4.69, 9.17) is 10.00 Å². The SMILES string of the molecule is CCn1nc(C)c(C(=O)C=Cc2cccc(OCCCC#N)c2)c1C. The Morgan fingerprint density at radius 2 is 2.20 bits per heavy atom. The second-order valence-electron chi connectivity index (χ2n) is 5.74. The van der Waals surface area contributed by atoms with Crippen molar-refractivity contribution in [1.82, 2.24) is 9.78 Å². The highest BCUT2D eigenvalue weighted by atomic mass is 16.5. The van der Waals surface area contributed by atoms with Gasteiger partial charge in [0, 0.05) is 18.7 Å². The zero-order valence-electron chi connectivity index (χ0n) is 15.0. The van der Waals surface area contributed by atoms with Gasteiger partial charge in [0.15, 0.2) is 5.78 Å². The lowest BCUT2D eigenvalue weighted by molar-refractivity contribution is 0.104. The van der Waals surface area contributed by atoms with Crippen LogP contribution >= 0.6 is 0 Å². The lowest BCUT2D eigenvalue weighted by atomic mass is 10.1. The summed E-state index contributed by atoms with van der Waals surface area (Å²) in [6.07, 6.45) is 4.55. The van der Waals surface area contributed by atoms with Gasteiger partial charge in [-0.2, -0.15) is 10.4 Å². The molecule has 1 aromatic carbocycles. The number of hydrogen-bond acceptors (Lipinski definition) is 4. The van der Waals surface area contributed by atoms with Crippen molar-refractivity contribution >= 4 is 11.9 Å². The molecule has 0 aliphatic carbocycles. The molecular weight excluding hydrogens is 314 g/mol. The number of nitrogens with zero attached hydrogens (tertiary/aromatic N) is 3. The van der Waals surface area contributed by atoms with Gasteiger partial charge in [-0.05, 0) is 51.0 Å². The van der Waals surface area contributed by atoms with Gasteiger partial charge in [-0.1, -0.05) is 18.2 Å². The third-order valence-corrected chi connectivity index (χ3v) is 3.91. The van der Waals surface area contributed by atoms with E-state index >= 15 is 0 Å². The molecule has 2 rings (SSSR count). The van der Waals surface area contributed by atoms with E-state index < -0.39 is 0 Å². The fourth-order valence-electron chi connectivity index (χ4n) is 2.67. The molecule has 0 unspecified atom stereocenters. The average Bonchev–Trinajstić information content (AvgIpc) is 2.91. The number of carbonyl (C=O) groups is 1. The van der Waals surface area contributed by atoms with E-state index in [1.807, 2.05) is 49.7 Å². The Morgan fingerprint density at radius 1 is 1.40 bits per heavy atom. The number of ketones is 1. The van der Waals surface area contributed by atoms with E-state index in [9.17, 15) is 4.79 Å². The van der Waals surface area contributed by atoms with E-state index in [0.717, 1.165) is 29.2 Å². The van der Waals surface area contributed by atoms with Gasteiger partial charge in [0.25, 0.3) is 0 Å². The van der Waals surface area contributed by atoms with Crippen molar-refractivity contribution in [1.29, 1.82) is 5.26 Å². The van der Waals surface area contributed by atoms with E-state index in [2.05, 4.69) is 11.2 Å². The molecule has 130 valence electrons. The van der Waals surface area contributed by atoms with Crippen LogP contribution in [0.25, 0.3) is 6.08 Å². The molecule has 0 fully saturated rings. The molecule has 0 aliphatic rings. The molecule has 0 atom stereocenters. The summed E-state index contributed by atoms with van der Waals surface area (Å²) >= 11 is 0. The molecular formula is C20H23N3O2. The van der Waals surface area contributed by atoms with E-state index in [0.29, 0.717) is 25.0 Å². The normalized spacial score (nSPS) is 10.8. The van der Waals surface area contributed by atoms with Crippen LogP contribution in [0.3, 0.4) is 0 Å². The van der Waals surface area contributed by atoms with Crippen molar-refractivity contribution in [2.45, 2.75) is 40.2 Å². The predicted octanol–water partition coefficient (Wildman–Crippen LogP) is 4.10. The van der Waals surface area contributed by atoms with Gasteiger partial charge in [-0.15, -0.1) is 0 Å². The monoisotopic (exact) mass is 337 g/mol. The van der Waals surface area contributed by atoms with Crippen LogP contribution in [0.4, 0.5) is 0 Å². The van der Waals surface area contributed by atoms with Crippen LogP contribution in [0.1, 0.15) is 47.1 Å². The van der Waals surface area contributed by atoms with Gasteiger partial charge >= 0.3 is 0 Å². The Bertz CT molecular complexity index is 813. The highest BCUT2D eigenvalue weighted by molar-refractivity contribution is 6.08. The zero-order valence-corrected chi connectivity index (χ0v) is 15.0. The largest absolute Gasteiger partial charge is 0.494 e. The van der Waals surface area contributed by atoms with Crippen LogP contribution in [0.5, 0.6) is 5.75 Å². The number of hydrogen-bond donors (Lipinski definition) is 0. The number of rotatable bonds is 8. The minimum absolute atomic E-state index is 0.0463. The first kappa shape index (κ1) is 18.5. The van der Waals surface area contributed by atoms with Gasteiger partial charge in [0.05, 0.1) is 23.9 Å². The third kappa shape index (κ3) is 4.80. The van der Waals surface area contributed by atoms with Crippen LogP contribution in [0.2, 0.25) is 0 Å². The number of aryl methyl sites for hydroxylation is 2. The Morgan fingerprint density at radius 3 is 2.88 bits per heavy atom. The molecule has 5 heteroatoms. The van der Waals surface area contributed by atoms with Gasteiger partial charge in [0.2, 0.25) is 0 Å². The fraction of sp³-hybridized carbons (Fsp3) is 0.350. The maximum Gasteiger partial charge on any atom is 0.189 e. The molecule has 0 amide bonds. The summed E-state index contributed by atoms with van der Waals surface area (Å²) in [4.78, 5) is 12.5. The third-order valence-electron chi connectivity index (χ3n) is 3.91. The number of nitriles is 1. The molecule has 0 N–H and O–H groups in total. The van der Waals surface area contributed by atoms with Crippen LogP contribution in [-0.4, -0.2) is 22.2 Å². The van der Waals surface area contributed by atoms with Crippen LogP contribution in [-0.2, 0) is 6.54 Å². The first-order chi connectivity index (χ1) is 12.1. The topological polar surface area (TPSA) is 67.9 Å². The van der Waals surface area contributed by atoms with Crippen molar-refractivity contribution in [3.63, 3.8) is 0 Å². The number of benzene rings is 1. The van der Waals surface area contributed by atoms with Crippen molar-refractivity contribution in [2.24, 2.45) is 0 Å². The molecule has 0 bridgehead atoms. The quantitative estimate of drug-likeness (QED) is 0.413. The first-order valence-corrected chi connectivity index (χ1v) is 8.43. The van der Waals surface area contributed by atoms with Gasteiger partial charge < -0.3 is 4.74 Å². The second-order valence-corrected chi connectivity index (χ2v) is 5.74. The molecule has 0 saturated heterocycles. The summed E-state index contributed by atoms with van der Waals surface area (Å²) in [5.74, 6) is 0.689. The summed E-state index contributed by atoms with van der Waals surface area (Å²) in [5, 5.41) is 12.9. The Hall–Kier alpha value is -2.87. The lowest BCUT2D eigenvalue weighted by Gasteiger charge is -2.05. The molecule has 25 heavy (non-hydrogen) atoms. The summed E-state index contributed by atoms with van der Waals surface area (Å²) in [6, 6.07) is 9.64. The smallest absolute Gasteiger partial charge is 0.189 e. The average molecular weight is 337 g/mol. The maximum atomic E-state index is 12.5. The van der Waals surface area contributed by atoms with Gasteiger partial charge in [-0.25, -0.2) is 0 Å². The zero-order chi connectivity index (χ0) is 18.2. The van der Waals surface area contributed by atoms with Crippen molar-refractivity contribution in [2.75, 3.05) is 6.61 Å². The molecule has 0 radical (unpaired) electrons. The van der Waals surface area contributed by atoms with Crippen molar-refractivity contribution in [3.8, 4) is 11.8 Å². The maximum absolute atomic E-state index is 12.5. The van der Waals surface area contributed by atoms with Crippen LogP contribution in [0.15, 0.2) is 30.3 Å². The molecule has 2 aromatic rings. The summed E-state index contributed by atoms with van der Waals surface area (Å²) in [5.41, 5.74) is 3.21. The molecule has 0 aliphatic heterocycles. The number of unbranched alkanes of at least 4 members (excludes halogenated alkanes) is 1. The van der Waals surface area contributed by atoms with E-state index in [1.54, 1.807) is 12.2 Å². The van der Waals surface area contributed by atoms with Gasteiger partial charge in [-0.3, -0.25) is 9.48 Å². The predicted molar refractivity (Wildman–Crippen MR) is 97.5 cm³/mol. The molecule has 1 heterocycles. The Balaban J connectivity index is 2.08. The van der Waals surface area contributed by atoms with Crippen LogP contribution in [0, 0.1) is 25.2 Å². The standard InChI is InChI=1S/C20H23N3O2/c1-4-23-16(3)20(15(2)22-23)19(24)11-10-17-8-7-9-18(14-17)25-13-6-5-12-21/h7-11,14H,4-6,13H2,1-3H3. The minimum Gasteiger partial charge on any atom is -0.494 e. The molecule has 1 aromatic heterocycles. The minimum atomic E-state index is -0.0463. The molecule has 0 saturated carbocycles. The summed E-state index contributed by atoms with van der Waals surface area (Å²) in [7, 11) is 0. The number of ether oxygens (including phenoxy) is 1. The highest BCUT2D eigenvalue weighted by Gasteiger charge is 2.15. The van der Waals surface area contributed by atoms with Gasteiger partial charge in [0.1, 0.15) is 5.75 Å². The summed E-state index contributed by atoms with van der Waals surface area (Å²) < 4.78 is 7.45. The first-order valence-electron chi connectivity index (χ1n) is 8.43. The van der Waals surface area contributed by atoms with Crippen LogP contribution < -0.4 is 4.74 Å². The summed E-state index contributed by atoms with van der Waals surface area (Å²) in [6.45, 7) is 7.03. The number of aromatic nitrogens is 2. The lowest BCUT2D eigenvalue weighted by Crippen LogP contribution is -2.02. The number of allylic oxidation sites excluding steroid dienone is 1. The van der Waals surface area contributed by atoms with E-state index in [1.165, 1.54) is 0 Å². The highest BCUT2D eigenvalue weighted by Crippen LogP contribution is 2.17. The Labute approximate surface area is 148 Å². The number of carbonyl (C=O) groups excluding carboxylic acids is 1.